The van der Waals surface area contributed by atoms with Crippen molar-refractivity contribution in [3.63, 3.8) is 0 Å². The van der Waals surface area contributed by atoms with Gasteiger partial charge in [-0.3, -0.25) is 4.90 Å². The standard InChI is InChI=1S/C11H16BrClN2/c1-3-15(2)11(7-14)9-6-8(12)4-5-10(9)13/h4-6,11H,3,7,14H2,1-2H3. The molecule has 0 saturated carbocycles. The molecule has 0 radical (unpaired) electrons. The molecule has 0 amide bonds. The number of hydrogen-bond donors (Lipinski definition) is 1. The van der Waals surface area contributed by atoms with Crippen LogP contribution in [0.1, 0.15) is 18.5 Å². The first-order chi connectivity index (χ1) is 7.10. The maximum atomic E-state index is 6.17. The summed E-state index contributed by atoms with van der Waals surface area (Å²) < 4.78 is 1.03. The number of hydrogen-bond acceptors (Lipinski definition) is 2. The Bertz CT molecular complexity index is 330. The lowest BCUT2D eigenvalue weighted by Gasteiger charge is -2.26. The number of rotatable bonds is 4. The lowest BCUT2D eigenvalue weighted by atomic mass is 10.1. The second-order valence-electron chi connectivity index (χ2n) is 3.49. The molecular formula is C11H16BrClN2. The molecule has 0 aliphatic rings. The predicted octanol–water partition coefficient (Wildman–Crippen LogP) is 3.05. The molecular weight excluding hydrogens is 275 g/mol. The van der Waals surface area contributed by atoms with Gasteiger partial charge in [-0.25, -0.2) is 0 Å². The molecule has 0 aliphatic heterocycles. The van der Waals surface area contributed by atoms with Crippen LogP contribution in [-0.4, -0.2) is 25.0 Å². The Kier molecular flexibility index (Phi) is 5.06. The normalized spacial score (nSPS) is 13.2. The van der Waals surface area contributed by atoms with Crippen molar-refractivity contribution in [3.05, 3.63) is 33.3 Å². The highest BCUT2D eigenvalue weighted by Crippen LogP contribution is 2.28. The van der Waals surface area contributed by atoms with Crippen molar-refractivity contribution in [1.82, 2.24) is 4.90 Å². The van der Waals surface area contributed by atoms with Gasteiger partial charge in [-0.2, -0.15) is 0 Å². The van der Waals surface area contributed by atoms with Gasteiger partial charge in [0.2, 0.25) is 0 Å². The van der Waals surface area contributed by atoms with Crippen molar-refractivity contribution in [2.24, 2.45) is 5.73 Å². The fourth-order valence-corrected chi connectivity index (χ4v) is 2.16. The van der Waals surface area contributed by atoms with Crippen LogP contribution >= 0.6 is 27.5 Å². The monoisotopic (exact) mass is 290 g/mol. The Morgan fingerprint density at radius 2 is 2.20 bits per heavy atom. The van der Waals surface area contributed by atoms with E-state index in [1.165, 1.54) is 0 Å². The van der Waals surface area contributed by atoms with Crippen molar-refractivity contribution in [2.45, 2.75) is 13.0 Å². The fraction of sp³-hybridized carbons (Fsp3) is 0.455. The van der Waals surface area contributed by atoms with Crippen LogP contribution in [0.25, 0.3) is 0 Å². The highest BCUT2D eigenvalue weighted by molar-refractivity contribution is 9.10. The Morgan fingerprint density at radius 3 is 2.73 bits per heavy atom. The first kappa shape index (κ1) is 13.0. The van der Waals surface area contributed by atoms with Gasteiger partial charge in [-0.15, -0.1) is 0 Å². The molecule has 84 valence electrons. The number of nitrogens with zero attached hydrogens (tertiary/aromatic N) is 1. The molecule has 2 nitrogen and oxygen atoms in total. The summed E-state index contributed by atoms with van der Waals surface area (Å²) >= 11 is 9.61. The summed E-state index contributed by atoms with van der Waals surface area (Å²) in [7, 11) is 2.05. The maximum absolute atomic E-state index is 6.17. The van der Waals surface area contributed by atoms with Crippen LogP contribution in [0.15, 0.2) is 22.7 Å². The van der Waals surface area contributed by atoms with E-state index in [4.69, 9.17) is 17.3 Å². The molecule has 1 aromatic carbocycles. The van der Waals surface area contributed by atoms with Crippen molar-refractivity contribution < 1.29 is 0 Å². The molecule has 0 aromatic heterocycles. The zero-order chi connectivity index (χ0) is 11.4. The van der Waals surface area contributed by atoms with Gasteiger partial charge in [0.25, 0.3) is 0 Å². The van der Waals surface area contributed by atoms with E-state index in [9.17, 15) is 0 Å². The Morgan fingerprint density at radius 1 is 1.53 bits per heavy atom. The van der Waals surface area contributed by atoms with Gasteiger partial charge in [0.15, 0.2) is 0 Å². The van der Waals surface area contributed by atoms with Crippen LogP contribution in [0.5, 0.6) is 0 Å². The lowest BCUT2D eigenvalue weighted by Crippen LogP contribution is -2.30. The smallest absolute Gasteiger partial charge is 0.0482 e. The number of likely N-dealkylation sites (N-methyl/N-ethyl adjacent to an activating group) is 1. The van der Waals surface area contributed by atoms with Crippen molar-refractivity contribution in [2.75, 3.05) is 20.1 Å². The summed E-state index contributed by atoms with van der Waals surface area (Å²) in [5.74, 6) is 0. The Labute approximate surface area is 105 Å². The highest BCUT2D eigenvalue weighted by Gasteiger charge is 2.17. The van der Waals surface area contributed by atoms with Crippen molar-refractivity contribution in [1.29, 1.82) is 0 Å². The van der Waals surface area contributed by atoms with E-state index >= 15 is 0 Å². The molecule has 15 heavy (non-hydrogen) atoms. The molecule has 1 aromatic rings. The third kappa shape index (κ3) is 3.18. The van der Waals surface area contributed by atoms with Gasteiger partial charge >= 0.3 is 0 Å². The highest BCUT2D eigenvalue weighted by atomic mass is 79.9. The van der Waals surface area contributed by atoms with Crippen LogP contribution in [0.2, 0.25) is 5.02 Å². The maximum Gasteiger partial charge on any atom is 0.0482 e. The SMILES string of the molecule is CCN(C)C(CN)c1cc(Br)ccc1Cl. The minimum absolute atomic E-state index is 0.181. The van der Waals surface area contributed by atoms with E-state index < -0.39 is 0 Å². The summed E-state index contributed by atoms with van der Waals surface area (Å²) in [4.78, 5) is 2.19. The van der Waals surface area contributed by atoms with Gasteiger partial charge in [0.1, 0.15) is 0 Å². The van der Waals surface area contributed by atoms with Crippen LogP contribution in [0, 0.1) is 0 Å². The molecule has 0 aliphatic carbocycles. The second-order valence-corrected chi connectivity index (χ2v) is 4.81. The van der Waals surface area contributed by atoms with E-state index in [0.29, 0.717) is 6.54 Å². The van der Waals surface area contributed by atoms with E-state index in [1.807, 2.05) is 18.2 Å². The average Bonchev–Trinajstić information content (AvgIpc) is 2.23. The molecule has 2 N–H and O–H groups in total. The zero-order valence-electron chi connectivity index (χ0n) is 9.00. The molecule has 1 rings (SSSR count). The van der Waals surface area contributed by atoms with Gasteiger partial charge < -0.3 is 5.73 Å². The molecule has 4 heteroatoms. The molecule has 0 bridgehead atoms. The lowest BCUT2D eigenvalue weighted by molar-refractivity contribution is 0.263. The summed E-state index contributed by atoms with van der Waals surface area (Å²) in [6, 6.07) is 6.05. The van der Waals surface area contributed by atoms with Crippen LogP contribution in [0.3, 0.4) is 0 Å². The summed E-state index contributed by atoms with van der Waals surface area (Å²) in [5, 5.41) is 0.772. The van der Waals surface area contributed by atoms with E-state index in [0.717, 1.165) is 21.6 Å². The number of benzene rings is 1. The zero-order valence-corrected chi connectivity index (χ0v) is 11.3. The predicted molar refractivity (Wildman–Crippen MR) is 69.3 cm³/mol. The third-order valence-electron chi connectivity index (χ3n) is 2.57. The minimum Gasteiger partial charge on any atom is -0.329 e. The van der Waals surface area contributed by atoms with E-state index in [1.54, 1.807) is 0 Å². The van der Waals surface area contributed by atoms with Gasteiger partial charge in [0.05, 0.1) is 0 Å². The largest absolute Gasteiger partial charge is 0.329 e. The number of halogens is 2. The first-order valence-electron chi connectivity index (χ1n) is 4.95. The third-order valence-corrected chi connectivity index (χ3v) is 3.41. The summed E-state index contributed by atoms with van der Waals surface area (Å²) in [6.45, 7) is 3.62. The topological polar surface area (TPSA) is 29.3 Å². The van der Waals surface area contributed by atoms with Gasteiger partial charge in [-0.05, 0) is 37.4 Å². The van der Waals surface area contributed by atoms with Crippen LogP contribution in [0.4, 0.5) is 0 Å². The Balaban J connectivity index is 3.05. The Hall–Kier alpha value is -0.0900. The molecule has 1 atom stereocenters. The van der Waals surface area contributed by atoms with Crippen LogP contribution < -0.4 is 5.73 Å². The molecule has 0 spiro atoms. The molecule has 0 heterocycles. The average molecular weight is 292 g/mol. The molecule has 0 fully saturated rings. The van der Waals surface area contributed by atoms with Crippen LogP contribution in [-0.2, 0) is 0 Å². The van der Waals surface area contributed by atoms with Crippen molar-refractivity contribution in [3.8, 4) is 0 Å². The fourth-order valence-electron chi connectivity index (χ4n) is 1.53. The summed E-state index contributed by atoms with van der Waals surface area (Å²) in [6.07, 6.45) is 0. The summed E-state index contributed by atoms with van der Waals surface area (Å²) in [5.41, 5.74) is 6.87. The van der Waals surface area contributed by atoms with Crippen molar-refractivity contribution >= 4 is 27.5 Å². The van der Waals surface area contributed by atoms with E-state index in [-0.39, 0.29) is 6.04 Å². The van der Waals surface area contributed by atoms with E-state index in [2.05, 4.69) is 34.8 Å². The van der Waals surface area contributed by atoms with Gasteiger partial charge in [0, 0.05) is 22.1 Å². The minimum atomic E-state index is 0.181. The second kappa shape index (κ2) is 5.85. The quantitative estimate of drug-likeness (QED) is 0.924. The number of nitrogens with two attached hydrogens (primary N) is 1. The van der Waals surface area contributed by atoms with Gasteiger partial charge in [-0.1, -0.05) is 34.5 Å². The first-order valence-corrected chi connectivity index (χ1v) is 6.12. The molecule has 0 saturated heterocycles. The molecule has 1 unspecified atom stereocenters.